The number of ether oxygens (including phenoxy) is 1. The first-order valence-corrected chi connectivity index (χ1v) is 4.64. The zero-order valence-corrected chi connectivity index (χ0v) is 7.77. The summed E-state index contributed by atoms with van der Waals surface area (Å²) in [7, 11) is 0. The van der Waals surface area contributed by atoms with Gasteiger partial charge < -0.3 is 4.74 Å². The molecule has 1 aliphatic heterocycles. The SMILES string of the molecule is O=C=NCC1COc2ccccc2C1. The number of carbonyl (C=O) groups excluding carboxylic acids is 1. The standard InChI is InChI=1S/C11H11NO2/c13-8-12-6-9-5-10-3-1-2-4-11(10)14-7-9/h1-4,9H,5-7H2. The zero-order valence-electron chi connectivity index (χ0n) is 7.77. The van der Waals surface area contributed by atoms with E-state index < -0.39 is 0 Å². The number of rotatable bonds is 2. The minimum atomic E-state index is 0.311. The fourth-order valence-electron chi connectivity index (χ4n) is 1.67. The summed E-state index contributed by atoms with van der Waals surface area (Å²) in [4.78, 5) is 13.5. The minimum Gasteiger partial charge on any atom is -0.493 e. The van der Waals surface area contributed by atoms with Crippen LogP contribution in [0.4, 0.5) is 0 Å². The number of fused-ring (bicyclic) bond motifs is 1. The van der Waals surface area contributed by atoms with Gasteiger partial charge in [0.05, 0.1) is 13.2 Å². The van der Waals surface area contributed by atoms with Gasteiger partial charge in [0.15, 0.2) is 0 Å². The maximum atomic E-state index is 9.96. The molecule has 0 N–H and O–H groups in total. The zero-order chi connectivity index (χ0) is 9.80. The Morgan fingerprint density at radius 1 is 1.50 bits per heavy atom. The van der Waals surface area contributed by atoms with Gasteiger partial charge in [-0.15, -0.1) is 0 Å². The van der Waals surface area contributed by atoms with E-state index >= 15 is 0 Å². The third-order valence-corrected chi connectivity index (χ3v) is 2.37. The van der Waals surface area contributed by atoms with Gasteiger partial charge in [-0.05, 0) is 18.1 Å². The van der Waals surface area contributed by atoms with E-state index in [4.69, 9.17) is 4.74 Å². The van der Waals surface area contributed by atoms with Crippen LogP contribution in [0, 0.1) is 5.92 Å². The summed E-state index contributed by atoms with van der Waals surface area (Å²) in [5, 5.41) is 0. The molecule has 0 aromatic heterocycles. The molecule has 14 heavy (non-hydrogen) atoms. The summed E-state index contributed by atoms with van der Waals surface area (Å²) in [5.74, 6) is 1.27. The van der Waals surface area contributed by atoms with Crippen molar-refractivity contribution >= 4 is 6.08 Å². The average molecular weight is 189 g/mol. The molecule has 0 fully saturated rings. The molecule has 0 bridgehead atoms. The molecule has 0 saturated carbocycles. The van der Waals surface area contributed by atoms with Crippen molar-refractivity contribution in [3.8, 4) is 5.75 Å². The van der Waals surface area contributed by atoms with Crippen molar-refractivity contribution in [3.63, 3.8) is 0 Å². The van der Waals surface area contributed by atoms with Crippen LogP contribution in [-0.2, 0) is 11.2 Å². The van der Waals surface area contributed by atoms with Gasteiger partial charge in [-0.1, -0.05) is 18.2 Å². The van der Waals surface area contributed by atoms with Crippen LogP contribution in [0.2, 0.25) is 0 Å². The summed E-state index contributed by atoms with van der Waals surface area (Å²) in [6, 6.07) is 7.97. The van der Waals surface area contributed by atoms with Gasteiger partial charge in [0.2, 0.25) is 6.08 Å². The lowest BCUT2D eigenvalue weighted by molar-refractivity contribution is 0.226. The predicted octanol–water partition coefficient (Wildman–Crippen LogP) is 1.57. The number of para-hydroxylation sites is 1. The van der Waals surface area contributed by atoms with Gasteiger partial charge in [0.1, 0.15) is 5.75 Å². The number of aliphatic imine (C=N–C) groups is 1. The van der Waals surface area contributed by atoms with Crippen molar-refractivity contribution in [2.24, 2.45) is 10.9 Å². The molecule has 1 aromatic rings. The monoisotopic (exact) mass is 189 g/mol. The van der Waals surface area contributed by atoms with Crippen LogP contribution in [0.1, 0.15) is 5.56 Å². The molecule has 0 aliphatic carbocycles. The van der Waals surface area contributed by atoms with Gasteiger partial charge in [-0.2, -0.15) is 0 Å². The molecule has 3 heteroatoms. The van der Waals surface area contributed by atoms with E-state index in [0.29, 0.717) is 19.1 Å². The molecule has 0 amide bonds. The summed E-state index contributed by atoms with van der Waals surface area (Å²) in [6.07, 6.45) is 2.49. The molecule has 3 nitrogen and oxygen atoms in total. The van der Waals surface area contributed by atoms with Crippen molar-refractivity contribution in [2.75, 3.05) is 13.2 Å². The summed E-state index contributed by atoms with van der Waals surface area (Å²) >= 11 is 0. The van der Waals surface area contributed by atoms with Gasteiger partial charge in [0, 0.05) is 5.92 Å². The topological polar surface area (TPSA) is 38.7 Å². The molecule has 0 spiro atoms. The predicted molar refractivity (Wildman–Crippen MR) is 52.1 cm³/mol. The summed E-state index contributed by atoms with van der Waals surface area (Å²) in [5.41, 5.74) is 1.20. The highest BCUT2D eigenvalue weighted by atomic mass is 16.5. The fraction of sp³-hybridized carbons (Fsp3) is 0.364. The average Bonchev–Trinajstić information content (AvgIpc) is 2.26. The van der Waals surface area contributed by atoms with Crippen molar-refractivity contribution in [3.05, 3.63) is 29.8 Å². The molecular weight excluding hydrogens is 178 g/mol. The van der Waals surface area contributed by atoms with E-state index in [1.807, 2.05) is 24.3 Å². The van der Waals surface area contributed by atoms with Crippen molar-refractivity contribution < 1.29 is 9.53 Å². The summed E-state index contributed by atoms with van der Waals surface area (Å²) < 4.78 is 5.54. The highest BCUT2D eigenvalue weighted by Crippen LogP contribution is 2.26. The summed E-state index contributed by atoms with van der Waals surface area (Å²) in [6.45, 7) is 1.15. The molecule has 0 radical (unpaired) electrons. The van der Waals surface area contributed by atoms with E-state index in [0.717, 1.165) is 12.2 Å². The van der Waals surface area contributed by atoms with Crippen molar-refractivity contribution in [1.29, 1.82) is 0 Å². The lowest BCUT2D eigenvalue weighted by Gasteiger charge is -2.23. The highest BCUT2D eigenvalue weighted by molar-refractivity contribution is 5.36. The lowest BCUT2D eigenvalue weighted by atomic mass is 9.97. The Balaban J connectivity index is 2.09. The van der Waals surface area contributed by atoms with Crippen LogP contribution >= 0.6 is 0 Å². The Bertz CT molecular complexity index is 369. The second-order valence-corrected chi connectivity index (χ2v) is 3.42. The molecule has 2 rings (SSSR count). The van der Waals surface area contributed by atoms with Gasteiger partial charge in [0.25, 0.3) is 0 Å². The number of hydrogen-bond acceptors (Lipinski definition) is 3. The first kappa shape index (κ1) is 8.97. The van der Waals surface area contributed by atoms with Crippen LogP contribution in [0.25, 0.3) is 0 Å². The Hall–Kier alpha value is -1.60. The van der Waals surface area contributed by atoms with Crippen LogP contribution in [0.3, 0.4) is 0 Å². The third-order valence-electron chi connectivity index (χ3n) is 2.37. The van der Waals surface area contributed by atoms with E-state index in [9.17, 15) is 4.79 Å². The van der Waals surface area contributed by atoms with Crippen LogP contribution in [-0.4, -0.2) is 19.2 Å². The van der Waals surface area contributed by atoms with Crippen LogP contribution in [0.15, 0.2) is 29.3 Å². The quantitative estimate of drug-likeness (QED) is 0.523. The van der Waals surface area contributed by atoms with Crippen LogP contribution in [0.5, 0.6) is 5.75 Å². The van der Waals surface area contributed by atoms with Gasteiger partial charge in [-0.25, -0.2) is 9.79 Å². The van der Waals surface area contributed by atoms with Gasteiger partial charge >= 0.3 is 0 Å². The normalized spacial score (nSPS) is 19.0. The Labute approximate surface area is 82.4 Å². The molecule has 1 heterocycles. The largest absolute Gasteiger partial charge is 0.493 e. The van der Waals surface area contributed by atoms with E-state index in [2.05, 4.69) is 4.99 Å². The van der Waals surface area contributed by atoms with Crippen LogP contribution < -0.4 is 4.74 Å². The fourth-order valence-corrected chi connectivity index (χ4v) is 1.67. The molecule has 1 unspecified atom stereocenters. The number of hydrogen-bond donors (Lipinski definition) is 0. The third kappa shape index (κ3) is 1.83. The first-order chi connectivity index (χ1) is 6.90. The van der Waals surface area contributed by atoms with Gasteiger partial charge in [-0.3, -0.25) is 0 Å². The number of isocyanates is 1. The Morgan fingerprint density at radius 3 is 3.21 bits per heavy atom. The second-order valence-electron chi connectivity index (χ2n) is 3.42. The van der Waals surface area contributed by atoms with E-state index in [-0.39, 0.29) is 0 Å². The van der Waals surface area contributed by atoms with Crippen molar-refractivity contribution in [2.45, 2.75) is 6.42 Å². The Morgan fingerprint density at radius 2 is 2.36 bits per heavy atom. The minimum absolute atomic E-state index is 0.311. The van der Waals surface area contributed by atoms with E-state index in [1.165, 1.54) is 5.56 Å². The number of nitrogens with zero attached hydrogens (tertiary/aromatic N) is 1. The smallest absolute Gasteiger partial charge is 0.234 e. The molecule has 1 aliphatic rings. The Kier molecular flexibility index (Phi) is 2.61. The number of benzene rings is 1. The maximum absolute atomic E-state index is 9.96. The maximum Gasteiger partial charge on any atom is 0.234 e. The molecule has 1 aromatic carbocycles. The first-order valence-electron chi connectivity index (χ1n) is 4.64. The van der Waals surface area contributed by atoms with Crippen molar-refractivity contribution in [1.82, 2.24) is 0 Å². The second kappa shape index (κ2) is 4.07. The molecular formula is C11H11NO2. The molecule has 0 saturated heterocycles. The lowest BCUT2D eigenvalue weighted by Crippen LogP contribution is -2.23. The highest BCUT2D eigenvalue weighted by Gasteiger charge is 2.18. The molecule has 72 valence electrons. The molecule has 1 atom stereocenters. The van der Waals surface area contributed by atoms with E-state index in [1.54, 1.807) is 6.08 Å².